The van der Waals surface area contributed by atoms with Crippen molar-refractivity contribution in [3.05, 3.63) is 215 Å². The van der Waals surface area contributed by atoms with Crippen LogP contribution in [0.4, 0.5) is 26.3 Å². The van der Waals surface area contributed by atoms with E-state index in [9.17, 15) is 26.3 Å². The molecule has 0 aliphatic heterocycles. The highest BCUT2D eigenvalue weighted by molar-refractivity contribution is 6.13. The molecule has 74 heavy (non-hydrogen) atoms. The monoisotopic (exact) mass is 973 g/mol. The number of aromatic nitrogens is 2. The van der Waals surface area contributed by atoms with Crippen LogP contribution in [0.3, 0.4) is 0 Å². The Kier molecular flexibility index (Phi) is 10.9. The molecular formula is C61H29F6N7. The fourth-order valence-electron chi connectivity index (χ4n) is 10.1. The van der Waals surface area contributed by atoms with Crippen molar-refractivity contribution in [3.8, 4) is 86.2 Å². The van der Waals surface area contributed by atoms with Crippen molar-refractivity contribution in [2.45, 2.75) is 12.4 Å². The van der Waals surface area contributed by atoms with Gasteiger partial charge in [0.25, 0.3) is 0 Å². The largest absolute Gasteiger partial charge is 0.417 e. The van der Waals surface area contributed by atoms with Crippen LogP contribution in [0.1, 0.15) is 38.9 Å². The molecule has 9 aromatic carbocycles. The second kappa shape index (κ2) is 17.5. The van der Waals surface area contributed by atoms with Gasteiger partial charge in [-0.1, -0.05) is 60.7 Å². The average molecular weight is 974 g/mol. The van der Waals surface area contributed by atoms with E-state index in [2.05, 4.69) is 30.3 Å². The van der Waals surface area contributed by atoms with Crippen LogP contribution in [0, 0.1) is 56.7 Å². The maximum Gasteiger partial charge on any atom is 0.417 e. The van der Waals surface area contributed by atoms with Crippen LogP contribution in [0.2, 0.25) is 0 Å². The molecule has 11 aromatic rings. The average Bonchev–Trinajstić information content (AvgIpc) is 3.93. The summed E-state index contributed by atoms with van der Waals surface area (Å²) in [4.78, 5) is 0. The van der Waals surface area contributed by atoms with Gasteiger partial charge in [-0.2, -0.15) is 52.7 Å². The Morgan fingerprint density at radius 2 is 0.703 bits per heavy atom. The molecule has 0 aliphatic carbocycles. The molecule has 0 atom stereocenters. The molecule has 0 fully saturated rings. The predicted molar refractivity (Wildman–Crippen MR) is 270 cm³/mol. The third kappa shape index (κ3) is 7.69. The highest BCUT2D eigenvalue weighted by Gasteiger charge is 2.41. The lowest BCUT2D eigenvalue weighted by Crippen LogP contribution is -2.14. The summed E-state index contributed by atoms with van der Waals surface area (Å²) in [6.45, 7) is 0. The highest BCUT2D eigenvalue weighted by Crippen LogP contribution is 2.48. The first kappa shape index (κ1) is 46.0. The molecule has 0 unspecified atom stereocenters. The molecule has 0 saturated heterocycles. The molecule has 11 rings (SSSR count). The predicted octanol–water partition coefficient (Wildman–Crippen LogP) is 15.9. The summed E-state index contributed by atoms with van der Waals surface area (Å²) in [5, 5.41) is 52.6. The first-order valence-corrected chi connectivity index (χ1v) is 22.7. The minimum atomic E-state index is -5.19. The molecule has 13 heteroatoms. The number of benzene rings is 9. The van der Waals surface area contributed by atoms with Crippen LogP contribution in [-0.2, 0) is 12.4 Å². The van der Waals surface area contributed by atoms with E-state index in [1.165, 1.54) is 30.3 Å². The zero-order valence-electron chi connectivity index (χ0n) is 38.1. The van der Waals surface area contributed by atoms with Gasteiger partial charge in [0, 0.05) is 38.2 Å². The Morgan fingerprint density at radius 1 is 0.311 bits per heavy atom. The van der Waals surface area contributed by atoms with Crippen molar-refractivity contribution in [1.29, 1.82) is 26.3 Å². The van der Waals surface area contributed by atoms with Crippen LogP contribution < -0.4 is 0 Å². The summed E-state index contributed by atoms with van der Waals surface area (Å²) in [5.74, 6) is 0. The fourth-order valence-corrected chi connectivity index (χ4v) is 10.1. The Hall–Kier alpha value is -10.4. The summed E-state index contributed by atoms with van der Waals surface area (Å²) >= 11 is 0. The van der Waals surface area contributed by atoms with Gasteiger partial charge in [0.1, 0.15) is 0 Å². The minimum Gasteiger partial charge on any atom is -0.309 e. The summed E-state index contributed by atoms with van der Waals surface area (Å²) in [5.41, 5.74) is 3.35. The van der Waals surface area contributed by atoms with Crippen molar-refractivity contribution < 1.29 is 26.3 Å². The topological polar surface area (TPSA) is 129 Å². The van der Waals surface area contributed by atoms with E-state index in [0.29, 0.717) is 89.9 Å². The zero-order chi connectivity index (χ0) is 51.6. The molecule has 0 spiro atoms. The number of para-hydroxylation sites is 2. The van der Waals surface area contributed by atoms with Gasteiger partial charge < -0.3 is 9.13 Å². The van der Waals surface area contributed by atoms with Crippen molar-refractivity contribution in [1.82, 2.24) is 9.13 Å². The Labute approximate surface area is 417 Å². The number of nitriles is 5. The smallest absolute Gasteiger partial charge is 0.309 e. The maximum atomic E-state index is 15.0. The highest BCUT2D eigenvalue weighted by atomic mass is 19.4. The quantitative estimate of drug-likeness (QED) is 0.153. The Balaban J connectivity index is 1.24. The SMILES string of the molecule is N#Cc1cc(C#N)cc(-c2ccc3c(c2)c2ccccc2n3-c2ccc(C#N)cc2-c2cc(-c3c(C(F)(F)F)cccc3C(F)(F)F)ccc2-n2c3ccccc3c3cc(-c4cc(C#N)cc(C#N)c4)ccc32)c1. The first-order chi connectivity index (χ1) is 35.7. The van der Waals surface area contributed by atoms with Crippen molar-refractivity contribution in [3.63, 3.8) is 0 Å². The molecule has 0 radical (unpaired) electrons. The maximum absolute atomic E-state index is 15.0. The van der Waals surface area contributed by atoms with E-state index >= 15 is 26.3 Å². The van der Waals surface area contributed by atoms with Crippen molar-refractivity contribution in [2.24, 2.45) is 0 Å². The molecule has 0 saturated carbocycles. The normalized spacial score (nSPS) is 11.6. The third-order valence-electron chi connectivity index (χ3n) is 13.3. The molecule has 350 valence electrons. The Morgan fingerprint density at radius 3 is 1.14 bits per heavy atom. The summed E-state index contributed by atoms with van der Waals surface area (Å²) < 4.78 is 93.8. The van der Waals surface area contributed by atoms with Crippen LogP contribution in [0.15, 0.2) is 176 Å². The lowest BCUT2D eigenvalue weighted by molar-refractivity contribution is -0.142. The lowest BCUT2D eigenvalue weighted by atomic mass is 9.90. The van der Waals surface area contributed by atoms with Crippen LogP contribution in [0.25, 0.3) is 99.5 Å². The lowest BCUT2D eigenvalue weighted by Gasteiger charge is -2.22. The first-order valence-electron chi connectivity index (χ1n) is 22.7. The molecule has 0 aliphatic rings. The molecule has 0 bridgehead atoms. The standard InChI is InChI=1S/C61H29F6N7/c62-60(63,64)51-8-5-9-52(61(65,66)67)59(51)42-15-19-58(74-54-11-4-2-7-46(54)49-28-41(14-18-57(49)74)44-24-38(33-71)21-39(25-44)34-72)50(29-42)47-26-35(30-68)12-16-55(47)73-53-10-3-1-6-45(53)48-27-40(13-17-56(48)73)43-22-36(31-69)20-37(23-43)32-70/h1-29H. The molecule has 2 aromatic heterocycles. The second-order valence-corrected chi connectivity index (χ2v) is 17.5. The van der Waals surface area contributed by atoms with Gasteiger partial charge in [-0.3, -0.25) is 0 Å². The number of halogens is 6. The van der Waals surface area contributed by atoms with Gasteiger partial charge in [0.05, 0.1) is 103 Å². The number of rotatable bonds is 6. The molecule has 0 N–H and O–H groups in total. The van der Waals surface area contributed by atoms with Crippen molar-refractivity contribution in [2.75, 3.05) is 0 Å². The van der Waals surface area contributed by atoms with Gasteiger partial charge in [0.2, 0.25) is 0 Å². The summed E-state index contributed by atoms with van der Waals surface area (Å²) in [6.07, 6.45) is -10.4. The van der Waals surface area contributed by atoms with Gasteiger partial charge in [-0.05, 0) is 143 Å². The number of fused-ring (bicyclic) bond motifs is 6. The third-order valence-corrected chi connectivity index (χ3v) is 13.3. The van der Waals surface area contributed by atoms with Crippen molar-refractivity contribution >= 4 is 43.6 Å². The van der Waals surface area contributed by atoms with E-state index < -0.39 is 29.0 Å². The number of alkyl halides is 6. The van der Waals surface area contributed by atoms with Crippen LogP contribution in [-0.4, -0.2) is 9.13 Å². The molecular weight excluding hydrogens is 945 g/mol. The zero-order valence-corrected chi connectivity index (χ0v) is 38.1. The fraction of sp³-hybridized carbons (Fsp3) is 0.0328. The van der Waals surface area contributed by atoms with E-state index in [4.69, 9.17) is 0 Å². The Bertz CT molecular complexity index is 4330. The minimum absolute atomic E-state index is 0.156. The molecule has 0 amide bonds. The van der Waals surface area contributed by atoms with Gasteiger partial charge in [0.15, 0.2) is 0 Å². The van der Waals surface area contributed by atoms with E-state index in [1.807, 2.05) is 94.1 Å². The number of hydrogen-bond donors (Lipinski definition) is 0. The van der Waals surface area contributed by atoms with E-state index in [-0.39, 0.29) is 27.8 Å². The van der Waals surface area contributed by atoms with E-state index in [1.54, 1.807) is 42.5 Å². The number of hydrogen-bond acceptors (Lipinski definition) is 5. The molecule has 7 nitrogen and oxygen atoms in total. The van der Waals surface area contributed by atoms with Gasteiger partial charge in [-0.15, -0.1) is 0 Å². The second-order valence-electron chi connectivity index (χ2n) is 17.5. The summed E-state index contributed by atoms with van der Waals surface area (Å²) in [7, 11) is 0. The number of nitrogens with zero attached hydrogens (tertiary/aromatic N) is 7. The summed E-state index contributed by atoms with van der Waals surface area (Å²) in [6, 6.07) is 57.3. The van der Waals surface area contributed by atoms with Gasteiger partial charge in [-0.25, -0.2) is 0 Å². The van der Waals surface area contributed by atoms with E-state index in [0.717, 1.165) is 22.2 Å². The van der Waals surface area contributed by atoms with Gasteiger partial charge >= 0.3 is 12.4 Å². The van der Waals surface area contributed by atoms with Crippen LogP contribution >= 0.6 is 0 Å². The molecule has 2 heterocycles. The van der Waals surface area contributed by atoms with Crippen LogP contribution in [0.5, 0.6) is 0 Å².